The van der Waals surface area contributed by atoms with Crippen molar-refractivity contribution in [3.8, 4) is 10.4 Å². The Bertz CT molecular complexity index is 940. The number of ketones is 1. The molecule has 0 fully saturated rings. The summed E-state index contributed by atoms with van der Waals surface area (Å²) in [7, 11) is 1.75. The van der Waals surface area contributed by atoms with Gasteiger partial charge in [0.2, 0.25) is 0 Å². The topological polar surface area (TPSA) is 78.0 Å². The number of carbonyl (C=O) groups excluding carboxylic acids is 1. The summed E-state index contributed by atoms with van der Waals surface area (Å²) in [4.78, 5) is 24.4. The van der Waals surface area contributed by atoms with Crippen molar-refractivity contribution in [2.45, 2.75) is 0 Å². The molecule has 6 nitrogen and oxygen atoms in total. The van der Waals surface area contributed by atoms with E-state index in [9.17, 15) is 14.9 Å². The van der Waals surface area contributed by atoms with Crippen LogP contribution in [0.25, 0.3) is 16.5 Å². The molecule has 2 aromatic heterocycles. The highest BCUT2D eigenvalue weighted by molar-refractivity contribution is 7.16. The average molecular weight is 339 g/mol. The van der Waals surface area contributed by atoms with E-state index >= 15 is 0 Å². The molecule has 0 aliphatic carbocycles. The van der Waals surface area contributed by atoms with Crippen molar-refractivity contribution in [3.63, 3.8) is 0 Å². The smallest absolute Gasteiger partial charge is 0.278 e. The maximum Gasteiger partial charge on any atom is 0.278 e. The summed E-state index contributed by atoms with van der Waals surface area (Å²) >= 11 is 1.40. The number of carbonyl (C=O) groups is 1. The van der Waals surface area contributed by atoms with Gasteiger partial charge in [0.1, 0.15) is 0 Å². The number of nitrogens with zero attached hydrogens (tertiary/aromatic N) is 3. The van der Waals surface area contributed by atoms with Crippen LogP contribution in [0.1, 0.15) is 15.2 Å². The minimum absolute atomic E-state index is 0.0707. The Balaban J connectivity index is 1.83. The molecule has 3 aromatic rings. The van der Waals surface area contributed by atoms with Crippen LogP contribution < -0.4 is 0 Å². The van der Waals surface area contributed by atoms with Crippen LogP contribution in [-0.4, -0.2) is 20.5 Å². The van der Waals surface area contributed by atoms with Crippen LogP contribution in [-0.2, 0) is 7.05 Å². The van der Waals surface area contributed by atoms with Gasteiger partial charge in [-0.25, -0.2) is 0 Å². The Labute approximate surface area is 141 Å². The third-order valence-corrected chi connectivity index (χ3v) is 4.47. The zero-order chi connectivity index (χ0) is 17.1. The van der Waals surface area contributed by atoms with Crippen LogP contribution in [0.4, 0.5) is 5.69 Å². The monoisotopic (exact) mass is 339 g/mol. The maximum atomic E-state index is 12.0. The van der Waals surface area contributed by atoms with E-state index in [2.05, 4.69) is 5.10 Å². The summed E-state index contributed by atoms with van der Waals surface area (Å²) in [5, 5.41) is 15.1. The molecule has 0 bridgehead atoms. The lowest BCUT2D eigenvalue weighted by atomic mass is 10.1. The van der Waals surface area contributed by atoms with Gasteiger partial charge >= 0.3 is 0 Å². The number of para-hydroxylation sites is 1. The van der Waals surface area contributed by atoms with Crippen molar-refractivity contribution in [2.75, 3.05) is 0 Å². The highest BCUT2D eigenvalue weighted by Crippen LogP contribution is 2.34. The third kappa shape index (κ3) is 3.31. The van der Waals surface area contributed by atoms with Gasteiger partial charge in [-0.1, -0.05) is 12.1 Å². The summed E-state index contributed by atoms with van der Waals surface area (Å²) in [5.74, 6) is -0.135. The fourth-order valence-electron chi connectivity index (χ4n) is 2.23. The van der Waals surface area contributed by atoms with Crippen LogP contribution >= 0.6 is 11.3 Å². The van der Waals surface area contributed by atoms with Crippen LogP contribution in [0.3, 0.4) is 0 Å². The molecule has 0 saturated carbocycles. The fraction of sp³-hybridized carbons (Fsp3) is 0.0588. The van der Waals surface area contributed by atoms with E-state index < -0.39 is 4.92 Å². The van der Waals surface area contributed by atoms with Gasteiger partial charge in [0, 0.05) is 29.1 Å². The number of aryl methyl sites for hydroxylation is 1. The van der Waals surface area contributed by atoms with E-state index in [0.29, 0.717) is 11.1 Å². The van der Waals surface area contributed by atoms with E-state index in [4.69, 9.17) is 0 Å². The lowest BCUT2D eigenvalue weighted by Crippen LogP contribution is -1.91. The zero-order valence-corrected chi connectivity index (χ0v) is 13.6. The molecule has 0 aliphatic heterocycles. The summed E-state index contributed by atoms with van der Waals surface area (Å²) in [6.45, 7) is 0. The third-order valence-electron chi connectivity index (χ3n) is 3.38. The Kier molecular flexibility index (Phi) is 4.35. The van der Waals surface area contributed by atoms with Crippen molar-refractivity contribution in [1.29, 1.82) is 0 Å². The number of rotatable bonds is 5. The molecule has 0 aliphatic rings. The van der Waals surface area contributed by atoms with Crippen LogP contribution in [0.5, 0.6) is 0 Å². The van der Waals surface area contributed by atoms with E-state index in [0.717, 1.165) is 9.75 Å². The number of benzene rings is 1. The van der Waals surface area contributed by atoms with Gasteiger partial charge in [0.15, 0.2) is 5.78 Å². The largest absolute Gasteiger partial charge is 0.289 e. The van der Waals surface area contributed by atoms with Gasteiger partial charge in [-0.15, -0.1) is 11.3 Å². The molecular formula is C17H13N3O3S. The number of hydrogen-bond donors (Lipinski definition) is 0. The Hall–Kier alpha value is -3.06. The van der Waals surface area contributed by atoms with Gasteiger partial charge in [-0.3, -0.25) is 19.6 Å². The Morgan fingerprint density at radius 3 is 2.79 bits per heavy atom. The van der Waals surface area contributed by atoms with Crippen molar-refractivity contribution >= 4 is 28.9 Å². The van der Waals surface area contributed by atoms with Gasteiger partial charge in [0.25, 0.3) is 5.69 Å². The number of nitro groups is 1. The normalized spacial score (nSPS) is 11.0. The first-order chi connectivity index (χ1) is 11.5. The van der Waals surface area contributed by atoms with E-state index in [1.54, 1.807) is 42.2 Å². The SMILES string of the molecule is Cn1cc(C(=O)/C=C/c2ccc(-c3ccccc3[N+](=O)[O-])s2)cn1. The van der Waals surface area contributed by atoms with Crippen molar-refractivity contribution < 1.29 is 9.72 Å². The molecule has 0 saturated heterocycles. The lowest BCUT2D eigenvalue weighted by molar-refractivity contribution is -0.384. The first kappa shape index (κ1) is 15.8. The molecule has 0 atom stereocenters. The second-order valence-electron chi connectivity index (χ2n) is 5.08. The Morgan fingerprint density at radius 1 is 1.29 bits per heavy atom. The first-order valence-electron chi connectivity index (χ1n) is 7.09. The minimum Gasteiger partial charge on any atom is -0.289 e. The average Bonchev–Trinajstić information content (AvgIpc) is 3.21. The molecule has 7 heteroatoms. The molecule has 0 amide bonds. The molecule has 2 heterocycles. The number of nitro benzene ring substituents is 1. The van der Waals surface area contributed by atoms with Gasteiger partial charge in [-0.05, 0) is 30.4 Å². The summed E-state index contributed by atoms with van der Waals surface area (Å²) in [6, 6.07) is 10.3. The molecule has 24 heavy (non-hydrogen) atoms. The molecule has 0 N–H and O–H groups in total. The van der Waals surface area contributed by atoms with Crippen LogP contribution in [0.2, 0.25) is 0 Å². The number of allylic oxidation sites excluding steroid dienone is 1. The second kappa shape index (κ2) is 6.59. The molecular weight excluding hydrogens is 326 g/mol. The molecule has 0 unspecified atom stereocenters. The van der Waals surface area contributed by atoms with Crippen LogP contribution in [0, 0.1) is 10.1 Å². The summed E-state index contributed by atoms with van der Waals surface area (Å²) < 4.78 is 1.57. The number of aromatic nitrogens is 2. The van der Waals surface area contributed by atoms with Gasteiger partial charge in [-0.2, -0.15) is 5.10 Å². The number of hydrogen-bond acceptors (Lipinski definition) is 5. The zero-order valence-electron chi connectivity index (χ0n) is 12.7. The molecule has 3 rings (SSSR count). The summed E-state index contributed by atoms with van der Waals surface area (Å²) in [6.07, 6.45) is 6.35. The second-order valence-corrected chi connectivity index (χ2v) is 6.19. The lowest BCUT2D eigenvalue weighted by Gasteiger charge is -1.98. The van der Waals surface area contributed by atoms with Crippen molar-refractivity contribution in [1.82, 2.24) is 9.78 Å². The van der Waals surface area contributed by atoms with Crippen LogP contribution in [0.15, 0.2) is 54.9 Å². The predicted molar refractivity (Wildman–Crippen MR) is 93.0 cm³/mol. The molecule has 1 aromatic carbocycles. The first-order valence-corrected chi connectivity index (χ1v) is 7.91. The van der Waals surface area contributed by atoms with Gasteiger partial charge in [0.05, 0.1) is 22.2 Å². The molecule has 0 spiro atoms. The van der Waals surface area contributed by atoms with E-state index in [-0.39, 0.29) is 11.5 Å². The maximum absolute atomic E-state index is 12.0. The Morgan fingerprint density at radius 2 is 2.08 bits per heavy atom. The standard InChI is InChI=1S/C17H13N3O3S/c1-19-11-12(10-18-19)16(21)8-6-13-7-9-17(24-13)14-4-2-3-5-15(14)20(22)23/h2-11H,1H3/b8-6+. The van der Waals surface area contributed by atoms with Crippen molar-refractivity contribution in [2.24, 2.45) is 7.05 Å². The van der Waals surface area contributed by atoms with E-state index in [1.165, 1.54) is 29.7 Å². The summed E-state index contributed by atoms with van der Waals surface area (Å²) in [5.41, 5.74) is 1.16. The number of thiophene rings is 1. The fourth-order valence-corrected chi connectivity index (χ4v) is 3.18. The van der Waals surface area contributed by atoms with Crippen molar-refractivity contribution in [3.05, 3.63) is 75.4 Å². The highest BCUT2D eigenvalue weighted by Gasteiger charge is 2.15. The quantitative estimate of drug-likeness (QED) is 0.305. The van der Waals surface area contributed by atoms with E-state index in [1.807, 2.05) is 12.1 Å². The highest BCUT2D eigenvalue weighted by atomic mass is 32.1. The molecule has 120 valence electrons. The molecule has 0 radical (unpaired) electrons. The minimum atomic E-state index is -0.392. The predicted octanol–water partition coefficient (Wildman–Crippen LogP) is 3.95. The van der Waals surface area contributed by atoms with Gasteiger partial charge < -0.3 is 0 Å².